The minimum atomic E-state index is -0.447. The summed E-state index contributed by atoms with van der Waals surface area (Å²) < 4.78 is 0. The zero-order valence-electron chi connectivity index (χ0n) is 14.3. The van der Waals surface area contributed by atoms with Crippen molar-refractivity contribution in [3.05, 3.63) is 23.4 Å². The molecule has 0 spiro atoms. The van der Waals surface area contributed by atoms with Gasteiger partial charge in [-0.1, -0.05) is 11.6 Å². The Morgan fingerprint density at radius 3 is 2.73 bits per heavy atom. The zero-order valence-corrected chi connectivity index (χ0v) is 15.1. The van der Waals surface area contributed by atoms with Gasteiger partial charge in [-0.25, -0.2) is 9.78 Å². The maximum atomic E-state index is 12.4. The van der Waals surface area contributed by atoms with Crippen LogP contribution in [0.1, 0.15) is 25.7 Å². The van der Waals surface area contributed by atoms with Gasteiger partial charge in [0.05, 0.1) is 17.5 Å². The number of piperidine rings is 1. The third-order valence-corrected chi connectivity index (χ3v) is 4.61. The van der Waals surface area contributed by atoms with E-state index in [1.165, 1.54) is 6.20 Å². The van der Waals surface area contributed by atoms with Crippen molar-refractivity contribution in [2.45, 2.75) is 31.7 Å². The van der Waals surface area contributed by atoms with Crippen LogP contribution in [0.2, 0.25) is 5.02 Å². The van der Waals surface area contributed by atoms with Crippen molar-refractivity contribution in [1.82, 2.24) is 20.5 Å². The fourth-order valence-electron chi connectivity index (χ4n) is 2.91. The Morgan fingerprint density at radius 2 is 2.04 bits per heavy atom. The smallest absolute Gasteiger partial charge is 0.321 e. The Bertz CT molecular complexity index is 677. The number of urea groups is 1. The van der Waals surface area contributed by atoms with Crippen LogP contribution < -0.4 is 16.0 Å². The molecule has 1 saturated carbocycles. The number of amides is 4. The molecule has 9 heteroatoms. The third-order valence-electron chi connectivity index (χ3n) is 4.39. The van der Waals surface area contributed by atoms with Crippen molar-refractivity contribution in [1.29, 1.82) is 0 Å². The van der Waals surface area contributed by atoms with Crippen LogP contribution in [0, 0.1) is 5.92 Å². The number of halogens is 1. The molecule has 1 aromatic heterocycles. The average molecular weight is 380 g/mol. The lowest BCUT2D eigenvalue weighted by atomic mass is 9.97. The summed E-state index contributed by atoms with van der Waals surface area (Å²) >= 11 is 5.78. The molecule has 1 aliphatic heterocycles. The summed E-state index contributed by atoms with van der Waals surface area (Å²) in [5.41, 5.74) is 0. The van der Waals surface area contributed by atoms with Gasteiger partial charge in [0.25, 0.3) is 0 Å². The summed E-state index contributed by atoms with van der Waals surface area (Å²) in [5.74, 6) is -0.264. The van der Waals surface area contributed by atoms with E-state index < -0.39 is 6.03 Å². The molecule has 3 N–H and O–H groups in total. The molecule has 1 atom stereocenters. The third kappa shape index (κ3) is 5.67. The molecule has 1 aromatic rings. The Hall–Kier alpha value is -2.19. The van der Waals surface area contributed by atoms with E-state index in [0.717, 1.165) is 32.2 Å². The van der Waals surface area contributed by atoms with E-state index in [4.69, 9.17) is 11.6 Å². The van der Waals surface area contributed by atoms with Crippen LogP contribution in [0.3, 0.4) is 0 Å². The predicted molar refractivity (Wildman–Crippen MR) is 96.7 cm³/mol. The standard InChI is InChI=1S/C17H22ClN5O3/c18-12-3-6-14(19-8-12)21-16(25)11-2-1-7-23(9-11)10-15(24)22-17(26)20-13-4-5-13/h3,6,8,11,13H,1-2,4-5,7,9-10H2,(H,19,21,25)(H2,20,22,24,26)/t11-/m0/s1. The number of carbonyl (C=O) groups is 3. The van der Waals surface area contributed by atoms with Gasteiger partial charge in [0.15, 0.2) is 0 Å². The van der Waals surface area contributed by atoms with E-state index in [1.807, 2.05) is 4.90 Å². The van der Waals surface area contributed by atoms with Crippen LogP contribution in [0.25, 0.3) is 0 Å². The van der Waals surface area contributed by atoms with E-state index >= 15 is 0 Å². The van der Waals surface area contributed by atoms with E-state index in [1.54, 1.807) is 12.1 Å². The van der Waals surface area contributed by atoms with Gasteiger partial charge in [-0.2, -0.15) is 0 Å². The molecule has 2 heterocycles. The van der Waals surface area contributed by atoms with Gasteiger partial charge < -0.3 is 10.6 Å². The second kappa shape index (κ2) is 8.46. The number of nitrogens with one attached hydrogen (secondary N) is 3. The van der Waals surface area contributed by atoms with Crippen molar-refractivity contribution < 1.29 is 14.4 Å². The summed E-state index contributed by atoms with van der Waals surface area (Å²) in [6, 6.07) is 3.06. The number of hydrogen-bond donors (Lipinski definition) is 3. The van der Waals surface area contributed by atoms with E-state index in [2.05, 4.69) is 20.9 Å². The Kier molecular flexibility index (Phi) is 6.05. The van der Waals surface area contributed by atoms with Gasteiger partial charge in [-0.15, -0.1) is 0 Å². The second-order valence-corrected chi connectivity index (χ2v) is 7.16. The largest absolute Gasteiger partial charge is 0.335 e. The number of nitrogens with zero attached hydrogens (tertiary/aromatic N) is 2. The molecule has 26 heavy (non-hydrogen) atoms. The first-order valence-electron chi connectivity index (χ1n) is 8.75. The highest BCUT2D eigenvalue weighted by atomic mass is 35.5. The average Bonchev–Trinajstić information content (AvgIpc) is 3.40. The molecule has 8 nitrogen and oxygen atoms in total. The predicted octanol–water partition coefficient (Wildman–Crippen LogP) is 1.37. The summed E-state index contributed by atoms with van der Waals surface area (Å²) in [6.07, 6.45) is 4.97. The van der Waals surface area contributed by atoms with Crippen molar-refractivity contribution in [3.63, 3.8) is 0 Å². The van der Waals surface area contributed by atoms with Crippen LogP contribution >= 0.6 is 11.6 Å². The van der Waals surface area contributed by atoms with E-state index in [9.17, 15) is 14.4 Å². The van der Waals surface area contributed by atoms with Crippen LogP contribution in [-0.4, -0.2) is 53.4 Å². The van der Waals surface area contributed by atoms with Gasteiger partial charge in [-0.05, 0) is 44.4 Å². The quantitative estimate of drug-likeness (QED) is 0.717. The van der Waals surface area contributed by atoms with E-state index in [0.29, 0.717) is 17.4 Å². The van der Waals surface area contributed by atoms with Gasteiger partial charge in [0.2, 0.25) is 11.8 Å². The Morgan fingerprint density at radius 1 is 1.23 bits per heavy atom. The molecule has 2 aliphatic rings. The molecule has 0 aromatic carbocycles. The van der Waals surface area contributed by atoms with Gasteiger partial charge in [0, 0.05) is 18.8 Å². The molecule has 1 aliphatic carbocycles. The normalized spacial score (nSPS) is 20.3. The maximum Gasteiger partial charge on any atom is 0.321 e. The molecular weight excluding hydrogens is 358 g/mol. The molecule has 140 valence electrons. The lowest BCUT2D eigenvalue weighted by Crippen LogP contribution is -2.48. The number of carbonyl (C=O) groups excluding carboxylic acids is 3. The number of anilines is 1. The fourth-order valence-corrected chi connectivity index (χ4v) is 3.02. The number of imide groups is 1. The summed E-state index contributed by atoms with van der Waals surface area (Å²) in [4.78, 5) is 42.0. The van der Waals surface area contributed by atoms with Crippen molar-refractivity contribution >= 4 is 35.3 Å². The minimum absolute atomic E-state index is 0.0983. The lowest BCUT2D eigenvalue weighted by molar-refractivity contribution is -0.125. The summed E-state index contributed by atoms with van der Waals surface area (Å²) in [7, 11) is 0. The number of likely N-dealkylation sites (tertiary alicyclic amines) is 1. The molecule has 0 bridgehead atoms. The molecule has 3 rings (SSSR count). The van der Waals surface area contributed by atoms with Gasteiger partial charge >= 0.3 is 6.03 Å². The molecule has 0 unspecified atom stereocenters. The zero-order chi connectivity index (χ0) is 18.5. The SMILES string of the molecule is O=C(CN1CCC[C@H](C(=O)Nc2ccc(Cl)cn2)C1)NC(=O)NC1CC1. The first kappa shape index (κ1) is 18.6. The summed E-state index contributed by atoms with van der Waals surface area (Å²) in [6.45, 7) is 1.29. The number of pyridine rings is 1. The van der Waals surface area contributed by atoms with Crippen LogP contribution in [-0.2, 0) is 9.59 Å². The number of hydrogen-bond acceptors (Lipinski definition) is 5. The van der Waals surface area contributed by atoms with Crippen LogP contribution in [0.15, 0.2) is 18.3 Å². The highest BCUT2D eigenvalue weighted by Crippen LogP contribution is 2.19. The molecule has 4 amide bonds. The summed E-state index contributed by atoms with van der Waals surface area (Å²) in [5, 5.41) is 8.32. The Labute approximate surface area is 156 Å². The number of aromatic nitrogens is 1. The Balaban J connectivity index is 1.45. The van der Waals surface area contributed by atoms with Crippen molar-refractivity contribution in [2.75, 3.05) is 25.0 Å². The first-order chi connectivity index (χ1) is 12.5. The second-order valence-electron chi connectivity index (χ2n) is 6.72. The molecule has 2 fully saturated rings. The lowest BCUT2D eigenvalue weighted by Gasteiger charge is -2.31. The minimum Gasteiger partial charge on any atom is -0.335 e. The molecule has 0 radical (unpaired) electrons. The van der Waals surface area contributed by atoms with E-state index in [-0.39, 0.29) is 30.3 Å². The maximum absolute atomic E-state index is 12.4. The monoisotopic (exact) mass is 379 g/mol. The van der Waals surface area contributed by atoms with Crippen LogP contribution in [0.4, 0.5) is 10.6 Å². The topological polar surface area (TPSA) is 103 Å². The van der Waals surface area contributed by atoms with Crippen molar-refractivity contribution in [2.24, 2.45) is 5.92 Å². The molecular formula is C17H22ClN5O3. The van der Waals surface area contributed by atoms with Crippen LogP contribution in [0.5, 0.6) is 0 Å². The molecule has 1 saturated heterocycles. The highest BCUT2D eigenvalue weighted by Gasteiger charge is 2.28. The van der Waals surface area contributed by atoms with Gasteiger partial charge in [0.1, 0.15) is 5.82 Å². The highest BCUT2D eigenvalue weighted by molar-refractivity contribution is 6.30. The first-order valence-corrected chi connectivity index (χ1v) is 9.12. The number of rotatable bonds is 5. The van der Waals surface area contributed by atoms with Gasteiger partial charge in [-0.3, -0.25) is 19.8 Å². The fraction of sp³-hybridized carbons (Fsp3) is 0.529. The van der Waals surface area contributed by atoms with Crippen molar-refractivity contribution in [3.8, 4) is 0 Å².